The van der Waals surface area contributed by atoms with Crippen molar-refractivity contribution in [1.29, 1.82) is 0 Å². The van der Waals surface area contributed by atoms with Crippen LogP contribution >= 0.6 is 0 Å². The Labute approximate surface area is 150 Å². The Bertz CT molecular complexity index is 547. The molecule has 2 heterocycles. The molecule has 0 aliphatic carbocycles. The molecule has 5 nitrogen and oxygen atoms in total. The summed E-state index contributed by atoms with van der Waals surface area (Å²) in [5.74, 6) is 1.23. The highest BCUT2D eigenvalue weighted by Gasteiger charge is 2.28. The van der Waals surface area contributed by atoms with Crippen LogP contribution in [0.1, 0.15) is 30.1 Å². The lowest BCUT2D eigenvalue weighted by Crippen LogP contribution is -2.49. The lowest BCUT2D eigenvalue weighted by Gasteiger charge is -2.38. The fraction of sp³-hybridized carbons (Fsp3) is 0.650. The van der Waals surface area contributed by atoms with Gasteiger partial charge in [-0.15, -0.1) is 0 Å². The number of nitrogens with zero attached hydrogens (tertiary/aromatic N) is 2. The zero-order valence-electron chi connectivity index (χ0n) is 15.4. The van der Waals surface area contributed by atoms with E-state index < -0.39 is 0 Å². The van der Waals surface area contributed by atoms with Gasteiger partial charge in [0.05, 0.1) is 20.3 Å². The number of morpholine rings is 1. The van der Waals surface area contributed by atoms with Crippen LogP contribution in [-0.2, 0) is 4.74 Å². The van der Waals surface area contributed by atoms with Gasteiger partial charge < -0.3 is 9.47 Å². The van der Waals surface area contributed by atoms with Crippen LogP contribution in [0.25, 0.3) is 0 Å². The van der Waals surface area contributed by atoms with Gasteiger partial charge in [0.25, 0.3) is 0 Å². The van der Waals surface area contributed by atoms with Crippen LogP contribution in [0.3, 0.4) is 0 Å². The predicted molar refractivity (Wildman–Crippen MR) is 98.3 cm³/mol. The van der Waals surface area contributed by atoms with E-state index in [1.54, 1.807) is 7.11 Å². The maximum atomic E-state index is 12.7. The minimum atomic E-state index is 0.153. The third kappa shape index (κ3) is 4.81. The summed E-state index contributed by atoms with van der Waals surface area (Å²) in [4.78, 5) is 17.7. The Balaban J connectivity index is 1.47. The first kappa shape index (κ1) is 18.4. The largest absolute Gasteiger partial charge is 0.497 e. The lowest BCUT2D eigenvalue weighted by molar-refractivity contribution is 0.0204. The highest BCUT2D eigenvalue weighted by molar-refractivity contribution is 5.98. The van der Waals surface area contributed by atoms with Gasteiger partial charge in [-0.25, -0.2) is 0 Å². The molecule has 25 heavy (non-hydrogen) atoms. The second-order valence-corrected chi connectivity index (χ2v) is 7.16. The lowest BCUT2D eigenvalue weighted by atomic mass is 9.88. The molecule has 0 radical (unpaired) electrons. The number of ether oxygens (including phenoxy) is 2. The molecule has 2 aliphatic heterocycles. The highest BCUT2D eigenvalue weighted by Crippen LogP contribution is 2.24. The fourth-order valence-electron chi connectivity index (χ4n) is 3.87. The van der Waals surface area contributed by atoms with Crippen LogP contribution in [0.5, 0.6) is 5.75 Å². The van der Waals surface area contributed by atoms with Gasteiger partial charge in [0.2, 0.25) is 0 Å². The van der Waals surface area contributed by atoms with Crippen molar-refractivity contribution in [3.63, 3.8) is 0 Å². The first-order valence-electron chi connectivity index (χ1n) is 9.40. The molecule has 0 unspecified atom stereocenters. The molecule has 0 bridgehead atoms. The zero-order chi connectivity index (χ0) is 17.6. The van der Waals surface area contributed by atoms with Crippen LogP contribution in [0.4, 0.5) is 0 Å². The summed E-state index contributed by atoms with van der Waals surface area (Å²) in [6.07, 6.45) is 1.91. The molecule has 1 aromatic carbocycles. The van der Waals surface area contributed by atoms with Gasteiger partial charge in [-0.05, 0) is 57.1 Å². The predicted octanol–water partition coefficient (Wildman–Crippen LogP) is 2.31. The fourth-order valence-corrected chi connectivity index (χ4v) is 3.87. The number of ketones is 1. The number of methoxy groups -OCH3 is 1. The highest BCUT2D eigenvalue weighted by atomic mass is 16.5. The summed E-state index contributed by atoms with van der Waals surface area (Å²) in [7, 11) is 1.64. The number of carbonyl (C=O) groups excluding carboxylic acids is 1. The Kier molecular flexibility index (Phi) is 6.45. The van der Waals surface area contributed by atoms with Gasteiger partial charge in [-0.3, -0.25) is 14.6 Å². The SMILES string of the molecule is COc1ccc(C(=O)C2CCN([C@H](C)CN3CCOCC3)CC2)cc1. The van der Waals surface area contributed by atoms with E-state index in [4.69, 9.17) is 9.47 Å². The smallest absolute Gasteiger partial charge is 0.166 e. The van der Waals surface area contributed by atoms with E-state index >= 15 is 0 Å². The van der Waals surface area contributed by atoms with E-state index in [2.05, 4.69) is 16.7 Å². The van der Waals surface area contributed by atoms with Gasteiger partial charge in [0, 0.05) is 37.2 Å². The van der Waals surface area contributed by atoms with Crippen LogP contribution in [-0.4, -0.2) is 74.7 Å². The van der Waals surface area contributed by atoms with E-state index in [-0.39, 0.29) is 11.7 Å². The van der Waals surface area contributed by atoms with E-state index in [0.29, 0.717) is 6.04 Å². The molecule has 0 saturated carbocycles. The molecular weight excluding hydrogens is 316 g/mol. The van der Waals surface area contributed by atoms with Crippen molar-refractivity contribution in [3.8, 4) is 5.75 Å². The maximum Gasteiger partial charge on any atom is 0.166 e. The van der Waals surface area contributed by atoms with Gasteiger partial charge in [-0.1, -0.05) is 0 Å². The van der Waals surface area contributed by atoms with E-state index in [1.807, 2.05) is 24.3 Å². The van der Waals surface area contributed by atoms with Crippen LogP contribution < -0.4 is 4.74 Å². The molecule has 3 rings (SSSR count). The minimum absolute atomic E-state index is 0.153. The van der Waals surface area contributed by atoms with E-state index in [9.17, 15) is 4.79 Å². The molecule has 2 aliphatic rings. The molecule has 1 aromatic rings. The van der Waals surface area contributed by atoms with Gasteiger partial charge in [0.15, 0.2) is 5.78 Å². The first-order valence-corrected chi connectivity index (χ1v) is 9.40. The van der Waals surface area contributed by atoms with E-state index in [0.717, 1.165) is 70.1 Å². The second kappa shape index (κ2) is 8.79. The summed E-state index contributed by atoms with van der Waals surface area (Å²) < 4.78 is 10.6. The topological polar surface area (TPSA) is 42.0 Å². The zero-order valence-corrected chi connectivity index (χ0v) is 15.4. The van der Waals surface area contributed by atoms with Gasteiger partial charge >= 0.3 is 0 Å². The second-order valence-electron chi connectivity index (χ2n) is 7.16. The van der Waals surface area contributed by atoms with Gasteiger partial charge in [-0.2, -0.15) is 0 Å². The quantitative estimate of drug-likeness (QED) is 0.740. The standard InChI is InChI=1S/C20H30N2O3/c1-16(15-21-11-13-25-14-12-21)22-9-7-18(8-10-22)20(23)17-3-5-19(24-2)6-4-17/h3-6,16,18H,7-15H2,1-2H3/t16-/m1/s1. The Morgan fingerprint density at radius 3 is 2.40 bits per heavy atom. The Morgan fingerprint density at radius 1 is 1.16 bits per heavy atom. The molecule has 2 fully saturated rings. The summed E-state index contributed by atoms with van der Waals surface area (Å²) in [6.45, 7) is 9.21. The number of carbonyl (C=O) groups is 1. The average molecular weight is 346 g/mol. The minimum Gasteiger partial charge on any atom is -0.497 e. The summed E-state index contributed by atoms with van der Waals surface area (Å²) in [6, 6.07) is 8.04. The van der Waals surface area contributed by atoms with Crippen LogP contribution in [0.15, 0.2) is 24.3 Å². The number of rotatable bonds is 6. The number of Topliss-reactive ketones (excluding diaryl/α,β-unsaturated/α-hetero) is 1. The third-order valence-corrected chi connectivity index (χ3v) is 5.52. The van der Waals surface area contributed by atoms with Crippen molar-refractivity contribution < 1.29 is 14.3 Å². The monoisotopic (exact) mass is 346 g/mol. The number of hydrogen-bond donors (Lipinski definition) is 0. The summed E-state index contributed by atoms with van der Waals surface area (Å²) >= 11 is 0. The normalized spacial score (nSPS) is 21.8. The van der Waals surface area contributed by atoms with Crippen molar-refractivity contribution in [2.45, 2.75) is 25.8 Å². The van der Waals surface area contributed by atoms with Crippen LogP contribution in [0.2, 0.25) is 0 Å². The molecule has 0 N–H and O–H groups in total. The molecule has 138 valence electrons. The van der Waals surface area contributed by atoms with Gasteiger partial charge in [0.1, 0.15) is 5.75 Å². The third-order valence-electron chi connectivity index (χ3n) is 5.52. The van der Waals surface area contributed by atoms with Crippen molar-refractivity contribution in [3.05, 3.63) is 29.8 Å². The molecule has 5 heteroatoms. The number of benzene rings is 1. The average Bonchev–Trinajstić information content (AvgIpc) is 2.68. The van der Waals surface area contributed by atoms with Crippen molar-refractivity contribution in [2.24, 2.45) is 5.92 Å². The molecule has 1 atom stereocenters. The number of hydrogen-bond acceptors (Lipinski definition) is 5. The van der Waals surface area contributed by atoms with Crippen molar-refractivity contribution in [1.82, 2.24) is 9.80 Å². The first-order chi connectivity index (χ1) is 12.2. The Morgan fingerprint density at radius 2 is 1.80 bits per heavy atom. The van der Waals surface area contributed by atoms with Crippen LogP contribution in [0, 0.1) is 5.92 Å². The number of likely N-dealkylation sites (tertiary alicyclic amines) is 1. The van der Waals surface area contributed by atoms with Crippen molar-refractivity contribution >= 4 is 5.78 Å². The maximum absolute atomic E-state index is 12.7. The summed E-state index contributed by atoms with van der Waals surface area (Å²) in [5.41, 5.74) is 0.806. The molecule has 2 saturated heterocycles. The molecule has 0 aromatic heterocycles. The van der Waals surface area contributed by atoms with E-state index in [1.165, 1.54) is 0 Å². The summed E-state index contributed by atoms with van der Waals surface area (Å²) in [5, 5.41) is 0. The van der Waals surface area contributed by atoms with Crippen molar-refractivity contribution in [2.75, 3.05) is 53.0 Å². The Hall–Kier alpha value is -1.43. The molecular formula is C20H30N2O3. The molecule has 0 amide bonds. The number of piperidine rings is 1. The molecule has 0 spiro atoms.